The number of pyridine rings is 2. The van der Waals surface area contributed by atoms with Crippen LogP contribution in [0.3, 0.4) is 0 Å². The lowest BCUT2D eigenvalue weighted by atomic mass is 9.91. The van der Waals surface area contributed by atoms with Gasteiger partial charge in [0.15, 0.2) is 11.6 Å². The Balaban J connectivity index is 1.72. The van der Waals surface area contributed by atoms with Gasteiger partial charge in [-0.05, 0) is 32.4 Å². The molecule has 1 aliphatic heterocycles. The number of nitrogens with zero attached hydrogens (tertiary/aromatic N) is 7. The van der Waals surface area contributed by atoms with Crippen LogP contribution in [-0.4, -0.2) is 82.1 Å². The summed E-state index contributed by atoms with van der Waals surface area (Å²) >= 11 is 0. The highest BCUT2D eigenvalue weighted by atomic mass is 32.2. The van der Waals surface area contributed by atoms with Gasteiger partial charge in [-0.3, -0.25) is 4.90 Å². The summed E-state index contributed by atoms with van der Waals surface area (Å²) in [5.41, 5.74) is 7.16. The van der Waals surface area contributed by atoms with E-state index in [1.54, 1.807) is 13.1 Å². The van der Waals surface area contributed by atoms with Crippen LogP contribution in [0.2, 0.25) is 0 Å². The van der Waals surface area contributed by atoms with Crippen LogP contribution in [0.15, 0.2) is 24.5 Å². The van der Waals surface area contributed by atoms with Gasteiger partial charge < -0.3 is 15.8 Å². The molecule has 198 valence electrons. The lowest BCUT2D eigenvalue weighted by Gasteiger charge is -2.43. The first kappa shape index (κ1) is 26.6. The second kappa shape index (κ2) is 10.1. The van der Waals surface area contributed by atoms with Gasteiger partial charge in [-0.15, -0.1) is 0 Å². The van der Waals surface area contributed by atoms with Crippen molar-refractivity contribution in [3.05, 3.63) is 41.7 Å². The molecule has 1 aliphatic rings. The molecule has 0 atom stereocenters. The van der Waals surface area contributed by atoms with Crippen molar-refractivity contribution in [3.63, 3.8) is 0 Å². The molecule has 1 fully saturated rings. The minimum atomic E-state index is -3.24. The summed E-state index contributed by atoms with van der Waals surface area (Å²) in [7, 11) is -1.90. The highest BCUT2D eigenvalue weighted by Gasteiger charge is 2.34. The Bertz CT molecular complexity index is 1390. The summed E-state index contributed by atoms with van der Waals surface area (Å²) in [4.78, 5) is 23.6. The molecule has 12 nitrogen and oxygen atoms in total. The fraction of sp³-hybridized carbons (Fsp3) is 0.435. The molecular weight excluding hydrogens is 501 g/mol. The molecule has 0 aliphatic carbocycles. The Labute approximate surface area is 215 Å². The van der Waals surface area contributed by atoms with Gasteiger partial charge in [0.2, 0.25) is 21.9 Å². The van der Waals surface area contributed by atoms with E-state index >= 15 is 0 Å². The Morgan fingerprint density at radius 3 is 2.38 bits per heavy atom. The Kier molecular flexibility index (Phi) is 7.26. The Hall–Kier alpha value is -3.49. The molecule has 0 amide bonds. The van der Waals surface area contributed by atoms with Crippen LogP contribution in [-0.2, 0) is 15.6 Å². The van der Waals surface area contributed by atoms with E-state index in [1.165, 1.54) is 29.9 Å². The third-order valence-electron chi connectivity index (χ3n) is 6.36. The fourth-order valence-electron chi connectivity index (χ4n) is 4.23. The minimum Gasteiger partial charge on any atom is -0.479 e. The van der Waals surface area contributed by atoms with Crippen molar-refractivity contribution in [1.29, 1.82) is 0 Å². The third kappa shape index (κ3) is 5.76. The van der Waals surface area contributed by atoms with Gasteiger partial charge in [0.05, 0.1) is 30.8 Å². The zero-order chi connectivity index (χ0) is 27.0. The maximum absolute atomic E-state index is 14.3. The van der Waals surface area contributed by atoms with E-state index in [4.69, 9.17) is 10.5 Å². The fourth-order valence-corrected chi connectivity index (χ4v) is 5.06. The molecule has 0 saturated carbocycles. The molecule has 0 aromatic carbocycles. The number of halogens is 1. The molecule has 0 bridgehead atoms. The lowest BCUT2D eigenvalue weighted by Crippen LogP contribution is -2.54. The first-order valence-electron chi connectivity index (χ1n) is 11.5. The van der Waals surface area contributed by atoms with Gasteiger partial charge in [0.1, 0.15) is 11.6 Å². The number of methoxy groups -OCH3 is 1. The maximum Gasteiger partial charge on any atom is 0.250 e. The van der Waals surface area contributed by atoms with Crippen LogP contribution in [0.1, 0.15) is 25.2 Å². The number of nitrogen functional groups attached to an aromatic ring is 1. The van der Waals surface area contributed by atoms with Gasteiger partial charge in [0, 0.05) is 44.0 Å². The van der Waals surface area contributed by atoms with E-state index in [-0.39, 0.29) is 11.8 Å². The maximum atomic E-state index is 14.3. The number of aromatic nitrogens is 5. The SMILES string of the molecule is COc1ncc(Nc2ncc(C(C)(C)N3CCN(S(C)(=O)=O)CC3)cc2-c2nc(C)nc(N)n2)cc1F. The standard InChI is InChI=1S/C23H30FN9O3S/c1-14-28-20(31-22(25)29-14)17-10-15(23(2,3)32-6-8-33(9-7-32)37(5,34)35)12-26-19(17)30-16-11-18(24)21(36-4)27-13-16/h10-13H,6-9H2,1-5H3,(H,26,30)(H2,25,28,29,31). The van der Waals surface area contributed by atoms with Crippen LogP contribution in [0.5, 0.6) is 5.88 Å². The summed E-state index contributed by atoms with van der Waals surface area (Å²) in [6.45, 7) is 7.73. The van der Waals surface area contributed by atoms with Crippen molar-refractivity contribution >= 4 is 27.5 Å². The smallest absolute Gasteiger partial charge is 0.250 e. The van der Waals surface area contributed by atoms with E-state index in [2.05, 4.69) is 35.1 Å². The van der Waals surface area contributed by atoms with E-state index in [1.807, 2.05) is 19.9 Å². The second-order valence-corrected chi connectivity index (χ2v) is 11.2. The average Bonchev–Trinajstić information content (AvgIpc) is 2.83. The van der Waals surface area contributed by atoms with Crippen molar-refractivity contribution in [3.8, 4) is 17.3 Å². The average molecular weight is 532 g/mol. The molecule has 0 spiro atoms. The number of hydrogen-bond acceptors (Lipinski definition) is 11. The van der Waals surface area contributed by atoms with E-state index in [9.17, 15) is 12.8 Å². The largest absolute Gasteiger partial charge is 0.479 e. The van der Waals surface area contributed by atoms with Crippen LogP contribution in [0, 0.1) is 12.7 Å². The molecule has 14 heteroatoms. The first-order valence-corrected chi connectivity index (χ1v) is 13.4. The normalized spacial score (nSPS) is 15.5. The second-order valence-electron chi connectivity index (χ2n) is 9.23. The number of anilines is 3. The van der Waals surface area contributed by atoms with Crippen LogP contribution >= 0.6 is 0 Å². The number of rotatable bonds is 7. The number of ether oxygens (including phenoxy) is 1. The van der Waals surface area contributed by atoms with Crippen molar-refractivity contribution in [2.24, 2.45) is 0 Å². The van der Waals surface area contributed by atoms with Crippen molar-refractivity contribution in [2.75, 3.05) is 50.6 Å². The van der Waals surface area contributed by atoms with E-state index in [0.29, 0.717) is 54.9 Å². The van der Waals surface area contributed by atoms with Crippen LogP contribution in [0.4, 0.5) is 21.8 Å². The van der Waals surface area contributed by atoms with Gasteiger partial charge >= 0.3 is 0 Å². The number of sulfonamides is 1. The molecule has 0 unspecified atom stereocenters. The Morgan fingerprint density at radius 1 is 1.08 bits per heavy atom. The van der Waals surface area contributed by atoms with Gasteiger partial charge in [0.25, 0.3) is 0 Å². The van der Waals surface area contributed by atoms with Crippen LogP contribution < -0.4 is 15.8 Å². The monoisotopic (exact) mass is 531 g/mol. The van der Waals surface area contributed by atoms with E-state index < -0.39 is 21.4 Å². The molecule has 3 N–H and O–H groups in total. The summed E-state index contributed by atoms with van der Waals surface area (Å²) in [6, 6.07) is 3.16. The number of aryl methyl sites for hydroxylation is 1. The van der Waals surface area contributed by atoms with Crippen LogP contribution in [0.25, 0.3) is 11.4 Å². The molecule has 3 aromatic rings. The lowest BCUT2D eigenvalue weighted by molar-refractivity contribution is 0.0778. The predicted molar refractivity (Wildman–Crippen MR) is 137 cm³/mol. The zero-order valence-electron chi connectivity index (χ0n) is 21.4. The predicted octanol–water partition coefficient (Wildman–Crippen LogP) is 1.92. The topological polar surface area (TPSA) is 152 Å². The van der Waals surface area contributed by atoms with Crippen molar-refractivity contribution in [2.45, 2.75) is 26.3 Å². The molecule has 3 aromatic heterocycles. The van der Waals surface area contributed by atoms with Crippen molar-refractivity contribution in [1.82, 2.24) is 34.1 Å². The highest BCUT2D eigenvalue weighted by molar-refractivity contribution is 7.88. The highest BCUT2D eigenvalue weighted by Crippen LogP contribution is 2.35. The van der Waals surface area contributed by atoms with Crippen molar-refractivity contribution < 1.29 is 17.5 Å². The third-order valence-corrected chi connectivity index (χ3v) is 7.66. The number of piperazine rings is 1. The van der Waals surface area contributed by atoms with E-state index in [0.717, 1.165) is 5.56 Å². The quantitative estimate of drug-likeness (QED) is 0.460. The minimum absolute atomic E-state index is 0.0622. The van der Waals surface area contributed by atoms with Gasteiger partial charge in [-0.25, -0.2) is 27.8 Å². The summed E-state index contributed by atoms with van der Waals surface area (Å²) in [6.07, 6.45) is 4.38. The summed E-state index contributed by atoms with van der Waals surface area (Å²) in [5, 5.41) is 3.09. The molecule has 4 rings (SSSR count). The Morgan fingerprint density at radius 2 is 1.78 bits per heavy atom. The number of hydrogen-bond donors (Lipinski definition) is 2. The number of nitrogens with one attached hydrogen (secondary N) is 1. The molecule has 37 heavy (non-hydrogen) atoms. The molecule has 1 saturated heterocycles. The molecule has 4 heterocycles. The summed E-state index contributed by atoms with van der Waals surface area (Å²) in [5.74, 6) is 0.437. The molecular formula is C23H30FN9O3S. The summed E-state index contributed by atoms with van der Waals surface area (Å²) < 4.78 is 44.5. The number of nitrogens with two attached hydrogens (primary N) is 1. The first-order chi connectivity index (χ1) is 17.4. The zero-order valence-corrected chi connectivity index (χ0v) is 22.2. The molecule has 0 radical (unpaired) electrons. The van der Waals surface area contributed by atoms with Gasteiger partial charge in [-0.1, -0.05) is 0 Å². The van der Waals surface area contributed by atoms with Gasteiger partial charge in [-0.2, -0.15) is 14.3 Å².